The van der Waals surface area contributed by atoms with Gasteiger partial charge in [0.15, 0.2) is 12.3 Å². The predicted molar refractivity (Wildman–Crippen MR) is 131 cm³/mol. The summed E-state index contributed by atoms with van der Waals surface area (Å²) in [5.41, 5.74) is 7.13. The molecular weight excluding hydrogens is 396 g/mol. The second-order valence-corrected chi connectivity index (χ2v) is 9.62. The third-order valence-corrected chi connectivity index (χ3v) is 6.97. The van der Waals surface area contributed by atoms with Gasteiger partial charge in [0, 0.05) is 41.1 Å². The van der Waals surface area contributed by atoms with E-state index in [2.05, 4.69) is 105 Å². The fourth-order valence-electron chi connectivity index (χ4n) is 5.30. The first-order chi connectivity index (χ1) is 15.2. The van der Waals surface area contributed by atoms with Crippen molar-refractivity contribution in [2.75, 3.05) is 18.0 Å². The van der Waals surface area contributed by atoms with Crippen LogP contribution in [0.25, 0.3) is 0 Å². The fraction of sp³-hybridized carbons (Fsp3) is 0.357. The minimum absolute atomic E-state index is 0.0707. The lowest BCUT2D eigenvalue weighted by Crippen LogP contribution is -2.28. The molecule has 0 atom stereocenters. The highest BCUT2D eigenvalue weighted by Gasteiger charge is 2.44. The zero-order valence-corrected chi connectivity index (χ0v) is 19.7. The number of para-hydroxylation sites is 2. The number of carboxylic acids is 1. The topological polar surface area (TPSA) is 43.5 Å². The number of fused-ring (bicyclic) bond motifs is 2. The van der Waals surface area contributed by atoms with E-state index in [4.69, 9.17) is 0 Å². The van der Waals surface area contributed by atoms with Gasteiger partial charge in [-0.05, 0) is 38.5 Å². The maximum atomic E-state index is 11.3. The number of carboxylic acid groups (broad SMARTS) is 1. The fourth-order valence-corrected chi connectivity index (χ4v) is 5.30. The zero-order valence-electron chi connectivity index (χ0n) is 19.7. The molecule has 0 amide bonds. The normalized spacial score (nSPS) is 19.7. The van der Waals surface area contributed by atoms with Gasteiger partial charge < -0.3 is 10.0 Å². The number of carbonyl (C=O) groups is 1. The molecule has 2 aromatic rings. The van der Waals surface area contributed by atoms with Crippen LogP contribution in [0.1, 0.15) is 52.2 Å². The number of rotatable bonds is 6. The smallest absolute Gasteiger partial charge is 0.309 e. The van der Waals surface area contributed by atoms with E-state index in [9.17, 15) is 9.90 Å². The number of hydrogen-bond donors (Lipinski definition) is 1. The molecule has 0 saturated heterocycles. The first kappa shape index (κ1) is 22.1. The standard InChI is InChI=1S/C28H32N2O2/c1-6-29-22-14-9-7-12-20(22)27(2,3)24(29)16-11-17-25-28(4,5)21-13-8-10-15-23(21)30(25)19-18-26(31)32/h7-17H,6,18-19H2,1-5H3/p+1. The first-order valence-corrected chi connectivity index (χ1v) is 11.4. The van der Waals surface area contributed by atoms with Crippen LogP contribution in [-0.2, 0) is 15.6 Å². The molecule has 0 fully saturated rings. The predicted octanol–water partition coefficient (Wildman–Crippen LogP) is 5.80. The van der Waals surface area contributed by atoms with Crippen LogP contribution in [0, 0.1) is 0 Å². The van der Waals surface area contributed by atoms with Crippen LogP contribution in [0.4, 0.5) is 11.4 Å². The molecule has 4 heteroatoms. The van der Waals surface area contributed by atoms with E-state index in [1.807, 2.05) is 6.07 Å². The van der Waals surface area contributed by atoms with Crippen LogP contribution in [-0.4, -0.2) is 34.5 Å². The van der Waals surface area contributed by atoms with Gasteiger partial charge in [0.05, 0.1) is 5.41 Å². The lowest BCUT2D eigenvalue weighted by atomic mass is 9.81. The third-order valence-electron chi connectivity index (χ3n) is 6.97. The van der Waals surface area contributed by atoms with Gasteiger partial charge in [0.1, 0.15) is 6.42 Å². The summed E-state index contributed by atoms with van der Waals surface area (Å²) < 4.78 is 2.17. The van der Waals surface area contributed by atoms with Crippen molar-refractivity contribution in [3.63, 3.8) is 0 Å². The minimum atomic E-state index is -0.776. The Bertz CT molecular complexity index is 1150. The van der Waals surface area contributed by atoms with Gasteiger partial charge in [-0.2, -0.15) is 4.58 Å². The molecule has 1 N–H and O–H groups in total. The van der Waals surface area contributed by atoms with E-state index in [-0.39, 0.29) is 17.3 Å². The summed E-state index contributed by atoms with van der Waals surface area (Å²) in [5.74, 6) is -0.776. The van der Waals surface area contributed by atoms with Gasteiger partial charge in [-0.1, -0.05) is 56.3 Å². The molecule has 166 valence electrons. The van der Waals surface area contributed by atoms with Crippen molar-refractivity contribution >= 4 is 23.1 Å². The second-order valence-electron chi connectivity index (χ2n) is 9.62. The van der Waals surface area contributed by atoms with Gasteiger partial charge in [-0.3, -0.25) is 4.79 Å². The number of hydrogen-bond acceptors (Lipinski definition) is 2. The summed E-state index contributed by atoms with van der Waals surface area (Å²) in [6, 6.07) is 17.0. The largest absolute Gasteiger partial charge is 0.481 e. The number of benzene rings is 2. The summed E-state index contributed by atoms with van der Waals surface area (Å²) in [5, 5.41) is 9.29. The molecule has 4 nitrogen and oxygen atoms in total. The highest BCUT2D eigenvalue weighted by atomic mass is 16.4. The zero-order chi connectivity index (χ0) is 23.1. The molecular formula is C28H33N2O2+. The molecule has 0 saturated carbocycles. The van der Waals surface area contributed by atoms with Gasteiger partial charge in [-0.25, -0.2) is 0 Å². The van der Waals surface area contributed by atoms with Crippen LogP contribution in [0.5, 0.6) is 0 Å². The molecule has 2 aliphatic rings. The second kappa shape index (κ2) is 8.09. The van der Waals surface area contributed by atoms with Crippen LogP contribution >= 0.6 is 0 Å². The Hall–Kier alpha value is -3.14. The third kappa shape index (κ3) is 3.48. The maximum absolute atomic E-state index is 11.3. The van der Waals surface area contributed by atoms with Crippen LogP contribution in [0.3, 0.4) is 0 Å². The Balaban J connectivity index is 1.75. The highest BCUT2D eigenvalue weighted by Crippen LogP contribution is 2.47. The molecule has 0 bridgehead atoms. The summed E-state index contributed by atoms with van der Waals surface area (Å²) in [4.78, 5) is 13.7. The average Bonchev–Trinajstić information content (AvgIpc) is 3.11. The molecule has 0 aromatic heterocycles. The van der Waals surface area contributed by atoms with Crippen molar-refractivity contribution < 1.29 is 14.5 Å². The van der Waals surface area contributed by atoms with Crippen molar-refractivity contribution in [2.45, 2.75) is 51.9 Å². The van der Waals surface area contributed by atoms with Gasteiger partial charge in [0.2, 0.25) is 5.69 Å². The molecule has 2 aromatic carbocycles. The summed E-state index contributed by atoms with van der Waals surface area (Å²) in [7, 11) is 0. The summed E-state index contributed by atoms with van der Waals surface area (Å²) >= 11 is 0. The van der Waals surface area contributed by atoms with Gasteiger partial charge >= 0.3 is 5.97 Å². The number of anilines is 1. The monoisotopic (exact) mass is 429 g/mol. The molecule has 0 aliphatic carbocycles. The Kier molecular flexibility index (Phi) is 5.58. The van der Waals surface area contributed by atoms with Crippen molar-refractivity contribution in [3.8, 4) is 0 Å². The molecule has 2 aliphatic heterocycles. The van der Waals surface area contributed by atoms with E-state index < -0.39 is 5.97 Å². The summed E-state index contributed by atoms with van der Waals surface area (Å²) in [6.45, 7) is 12.6. The van der Waals surface area contributed by atoms with Crippen LogP contribution < -0.4 is 4.90 Å². The van der Waals surface area contributed by atoms with E-state index in [1.165, 1.54) is 22.5 Å². The molecule has 2 heterocycles. The number of likely N-dealkylation sites (N-methyl/N-ethyl adjacent to an activating group) is 1. The molecule has 32 heavy (non-hydrogen) atoms. The van der Waals surface area contributed by atoms with Gasteiger partial charge in [0.25, 0.3) is 0 Å². The Morgan fingerprint density at radius 3 is 2.34 bits per heavy atom. The van der Waals surface area contributed by atoms with Crippen LogP contribution in [0.2, 0.25) is 0 Å². The van der Waals surface area contributed by atoms with Crippen LogP contribution in [0.15, 0.2) is 72.5 Å². The average molecular weight is 430 g/mol. The minimum Gasteiger partial charge on any atom is -0.481 e. The highest BCUT2D eigenvalue weighted by molar-refractivity contribution is 6.03. The SMILES string of the molecule is CCN1C(=CC=CC2=[N+](CCC(=O)O)c3ccccc3C2(C)C)C(C)(C)c2ccccc21. The van der Waals surface area contributed by atoms with Crippen molar-refractivity contribution in [2.24, 2.45) is 0 Å². The lowest BCUT2D eigenvalue weighted by Gasteiger charge is -2.25. The van der Waals surface area contributed by atoms with Gasteiger partial charge in [-0.15, -0.1) is 0 Å². The maximum Gasteiger partial charge on any atom is 0.309 e. The number of allylic oxidation sites excluding steroid dienone is 4. The van der Waals surface area contributed by atoms with Crippen molar-refractivity contribution in [1.29, 1.82) is 0 Å². The van der Waals surface area contributed by atoms with E-state index >= 15 is 0 Å². The lowest BCUT2D eigenvalue weighted by molar-refractivity contribution is -0.436. The van der Waals surface area contributed by atoms with Crippen molar-refractivity contribution in [1.82, 2.24) is 0 Å². The van der Waals surface area contributed by atoms with E-state index in [1.54, 1.807) is 0 Å². The van der Waals surface area contributed by atoms with E-state index in [0.29, 0.717) is 6.54 Å². The van der Waals surface area contributed by atoms with Crippen molar-refractivity contribution in [3.05, 3.63) is 83.6 Å². The number of nitrogens with zero attached hydrogens (tertiary/aromatic N) is 2. The quantitative estimate of drug-likeness (QED) is 0.591. The Morgan fingerprint density at radius 2 is 1.66 bits per heavy atom. The molecule has 0 radical (unpaired) electrons. The molecule has 0 spiro atoms. The first-order valence-electron chi connectivity index (χ1n) is 11.4. The molecule has 0 unspecified atom stereocenters. The Labute approximate surface area is 191 Å². The Morgan fingerprint density at radius 1 is 1.00 bits per heavy atom. The molecule has 4 rings (SSSR count). The summed E-state index contributed by atoms with van der Waals surface area (Å²) in [6.07, 6.45) is 6.64. The number of aliphatic carboxylic acids is 1. The van der Waals surface area contributed by atoms with E-state index in [0.717, 1.165) is 17.9 Å².